The van der Waals surface area contributed by atoms with E-state index in [0.717, 1.165) is 6.42 Å². The van der Waals surface area contributed by atoms with Gasteiger partial charge in [-0.15, -0.1) is 0 Å². The van der Waals surface area contributed by atoms with E-state index >= 15 is 0 Å². The summed E-state index contributed by atoms with van der Waals surface area (Å²) in [5.74, 6) is -3.09. The highest BCUT2D eigenvalue weighted by Crippen LogP contribution is 2.15. The van der Waals surface area contributed by atoms with Crippen molar-refractivity contribution in [3.8, 4) is 0 Å². The molecule has 0 aliphatic carbocycles. The first-order chi connectivity index (χ1) is 9.84. The smallest absolute Gasteiger partial charge is 0.464 e. The number of hydrogen-bond acceptors (Lipinski definition) is 4. The number of amides is 1. The molecule has 1 rings (SSSR count). The molecule has 0 aliphatic heterocycles. The van der Waals surface area contributed by atoms with Gasteiger partial charge in [-0.3, -0.25) is 4.79 Å². The molecule has 0 spiro atoms. The van der Waals surface area contributed by atoms with E-state index in [-0.39, 0.29) is 13.0 Å². The number of carbonyl (C=O) groups excluding carboxylic acids is 2. The third-order valence-corrected chi connectivity index (χ3v) is 2.57. The van der Waals surface area contributed by atoms with Crippen LogP contribution < -0.4 is 5.32 Å². The van der Waals surface area contributed by atoms with Gasteiger partial charge in [0.25, 0.3) is 0 Å². The molecule has 1 aromatic rings. The van der Waals surface area contributed by atoms with Gasteiger partial charge in [-0.1, -0.05) is 13.3 Å². The molecule has 2 N–H and O–H groups in total. The minimum Gasteiger partial charge on any atom is -0.464 e. The van der Waals surface area contributed by atoms with Crippen LogP contribution in [0, 0.1) is 0 Å². The second-order valence-corrected chi connectivity index (χ2v) is 4.33. The topological polar surface area (TPSA) is 84.1 Å². The van der Waals surface area contributed by atoms with Crippen LogP contribution >= 0.6 is 0 Å². The number of aromatic nitrogens is 2. The zero-order chi connectivity index (χ0) is 15.9. The highest BCUT2D eigenvalue weighted by atomic mass is 19.4. The summed E-state index contributed by atoms with van der Waals surface area (Å²) in [6, 6.07) is -1.42. The number of imidazole rings is 1. The van der Waals surface area contributed by atoms with Crippen LogP contribution in [0.3, 0.4) is 0 Å². The number of ether oxygens (including phenoxy) is 1. The fourth-order valence-corrected chi connectivity index (χ4v) is 1.47. The van der Waals surface area contributed by atoms with E-state index in [2.05, 4.69) is 9.97 Å². The molecule has 0 saturated carbocycles. The number of nitrogens with one attached hydrogen (secondary N) is 2. The average molecular weight is 307 g/mol. The number of nitrogens with zero attached hydrogens (tertiary/aromatic N) is 1. The zero-order valence-corrected chi connectivity index (χ0v) is 11.4. The molecule has 0 saturated heterocycles. The molecule has 1 aromatic heterocycles. The number of aromatic amines is 1. The summed E-state index contributed by atoms with van der Waals surface area (Å²) >= 11 is 0. The van der Waals surface area contributed by atoms with Crippen molar-refractivity contribution in [1.82, 2.24) is 15.3 Å². The lowest BCUT2D eigenvalue weighted by Gasteiger charge is -2.17. The van der Waals surface area contributed by atoms with E-state index in [1.807, 2.05) is 6.92 Å². The standard InChI is InChI=1S/C12H16F3N3O3/c1-2-3-4-21-10(19)9(5-8-6-16-7-17-8)18-11(20)12(13,14)15/h6-7,9H,2-5H2,1H3,(H,16,17)(H,18,20). The van der Waals surface area contributed by atoms with Crippen LogP contribution in [0.4, 0.5) is 13.2 Å². The van der Waals surface area contributed by atoms with Gasteiger partial charge < -0.3 is 15.0 Å². The molecular weight excluding hydrogens is 291 g/mol. The van der Waals surface area contributed by atoms with Crippen LogP contribution in [0.15, 0.2) is 12.5 Å². The lowest BCUT2D eigenvalue weighted by atomic mass is 10.1. The molecule has 1 amide bonds. The third kappa shape index (κ3) is 5.84. The Bertz CT molecular complexity index is 460. The lowest BCUT2D eigenvalue weighted by Crippen LogP contribution is -2.48. The van der Waals surface area contributed by atoms with Crippen molar-refractivity contribution < 1.29 is 27.5 Å². The summed E-state index contributed by atoms with van der Waals surface area (Å²) in [6.45, 7) is 1.97. The zero-order valence-electron chi connectivity index (χ0n) is 11.4. The number of hydrogen-bond donors (Lipinski definition) is 2. The Labute approximate surface area is 119 Å². The number of carbonyl (C=O) groups is 2. The van der Waals surface area contributed by atoms with Crippen molar-refractivity contribution in [2.75, 3.05) is 6.61 Å². The van der Waals surface area contributed by atoms with E-state index < -0.39 is 24.1 Å². The first-order valence-electron chi connectivity index (χ1n) is 6.36. The molecule has 1 heterocycles. The molecule has 6 nitrogen and oxygen atoms in total. The Morgan fingerprint density at radius 3 is 2.71 bits per heavy atom. The van der Waals surface area contributed by atoms with Crippen molar-refractivity contribution >= 4 is 11.9 Å². The van der Waals surface area contributed by atoms with E-state index in [1.54, 1.807) is 5.32 Å². The second kappa shape index (κ2) is 7.65. The van der Waals surface area contributed by atoms with Crippen molar-refractivity contribution in [1.29, 1.82) is 0 Å². The number of H-pyrrole nitrogens is 1. The first kappa shape index (κ1) is 17.0. The number of halogens is 3. The van der Waals surface area contributed by atoms with E-state index in [4.69, 9.17) is 4.74 Å². The molecule has 21 heavy (non-hydrogen) atoms. The maximum atomic E-state index is 12.3. The van der Waals surface area contributed by atoms with Gasteiger partial charge in [-0.25, -0.2) is 9.78 Å². The summed E-state index contributed by atoms with van der Waals surface area (Å²) < 4.78 is 41.7. The predicted molar refractivity (Wildman–Crippen MR) is 66.1 cm³/mol. The van der Waals surface area contributed by atoms with Crippen LogP contribution in [0.5, 0.6) is 0 Å². The first-order valence-corrected chi connectivity index (χ1v) is 6.36. The SMILES string of the molecule is CCCCOC(=O)C(Cc1cnc[nH]1)NC(=O)C(F)(F)F. The molecule has 0 radical (unpaired) electrons. The number of esters is 1. The van der Waals surface area contributed by atoms with Gasteiger partial charge in [-0.05, 0) is 6.42 Å². The molecular formula is C12H16F3N3O3. The molecule has 0 aromatic carbocycles. The van der Waals surface area contributed by atoms with Gasteiger partial charge in [0.1, 0.15) is 6.04 Å². The van der Waals surface area contributed by atoms with Crippen LogP contribution in [0.2, 0.25) is 0 Å². The predicted octanol–water partition coefficient (Wildman–Crippen LogP) is 1.34. The fourth-order valence-electron chi connectivity index (χ4n) is 1.47. The van der Waals surface area contributed by atoms with Crippen LogP contribution in [0.25, 0.3) is 0 Å². The Balaban J connectivity index is 2.69. The summed E-state index contributed by atoms with van der Waals surface area (Å²) in [5, 5.41) is 1.64. The van der Waals surface area contributed by atoms with Gasteiger partial charge in [0, 0.05) is 18.3 Å². The Morgan fingerprint density at radius 1 is 1.48 bits per heavy atom. The average Bonchev–Trinajstić information content (AvgIpc) is 2.89. The van der Waals surface area contributed by atoms with Crippen LogP contribution in [-0.4, -0.2) is 40.7 Å². The van der Waals surface area contributed by atoms with Crippen LogP contribution in [-0.2, 0) is 20.7 Å². The van der Waals surface area contributed by atoms with Gasteiger partial charge in [0.05, 0.1) is 12.9 Å². The monoisotopic (exact) mass is 307 g/mol. The largest absolute Gasteiger partial charge is 0.471 e. The molecule has 0 aliphatic rings. The Kier molecular flexibility index (Phi) is 6.19. The van der Waals surface area contributed by atoms with Crippen LogP contribution in [0.1, 0.15) is 25.5 Å². The van der Waals surface area contributed by atoms with Gasteiger partial charge in [0.15, 0.2) is 0 Å². The number of rotatable bonds is 7. The molecule has 118 valence electrons. The van der Waals surface area contributed by atoms with Crippen molar-refractivity contribution in [2.24, 2.45) is 0 Å². The highest BCUT2D eigenvalue weighted by Gasteiger charge is 2.41. The van der Waals surface area contributed by atoms with E-state index in [0.29, 0.717) is 12.1 Å². The molecule has 0 bridgehead atoms. The number of alkyl halides is 3. The minimum atomic E-state index is -5.06. The molecule has 9 heteroatoms. The maximum absolute atomic E-state index is 12.3. The maximum Gasteiger partial charge on any atom is 0.471 e. The second-order valence-electron chi connectivity index (χ2n) is 4.33. The fraction of sp³-hybridized carbons (Fsp3) is 0.583. The van der Waals surface area contributed by atoms with Gasteiger partial charge in [0.2, 0.25) is 0 Å². The Hall–Kier alpha value is -2.06. The summed E-state index contributed by atoms with van der Waals surface area (Å²) in [7, 11) is 0. The summed E-state index contributed by atoms with van der Waals surface area (Å²) in [5.41, 5.74) is 0.412. The van der Waals surface area contributed by atoms with Gasteiger partial charge in [-0.2, -0.15) is 13.2 Å². The number of unbranched alkanes of at least 4 members (excludes halogenated alkanes) is 1. The molecule has 1 unspecified atom stereocenters. The lowest BCUT2D eigenvalue weighted by molar-refractivity contribution is -0.175. The van der Waals surface area contributed by atoms with Gasteiger partial charge >= 0.3 is 18.1 Å². The summed E-state index contributed by atoms with van der Waals surface area (Å²) in [4.78, 5) is 29.1. The van der Waals surface area contributed by atoms with E-state index in [9.17, 15) is 22.8 Å². The quantitative estimate of drug-likeness (QED) is 0.588. The molecule has 0 fully saturated rings. The van der Waals surface area contributed by atoms with Crippen molar-refractivity contribution in [3.63, 3.8) is 0 Å². The third-order valence-electron chi connectivity index (χ3n) is 2.57. The van der Waals surface area contributed by atoms with Crippen molar-refractivity contribution in [2.45, 2.75) is 38.4 Å². The normalized spacial score (nSPS) is 12.8. The highest BCUT2D eigenvalue weighted by molar-refractivity contribution is 5.87. The Morgan fingerprint density at radius 2 is 2.19 bits per heavy atom. The summed E-state index contributed by atoms with van der Waals surface area (Å²) in [6.07, 6.45) is -1.18. The van der Waals surface area contributed by atoms with E-state index in [1.165, 1.54) is 12.5 Å². The molecule has 1 atom stereocenters. The van der Waals surface area contributed by atoms with Crippen molar-refractivity contribution in [3.05, 3.63) is 18.2 Å². The minimum absolute atomic E-state index is 0.0939.